The highest BCUT2D eigenvalue weighted by molar-refractivity contribution is 7.13. The average molecular weight is 348 g/mol. The van der Waals surface area contributed by atoms with Crippen LogP contribution in [0.15, 0.2) is 35.8 Å². The summed E-state index contributed by atoms with van der Waals surface area (Å²) in [4.78, 5) is 21.2. The second-order valence-corrected chi connectivity index (χ2v) is 6.74. The second-order valence-electron chi connectivity index (χ2n) is 5.87. The number of nitrogens with zero attached hydrogens (tertiary/aromatic N) is 3. The van der Waals surface area contributed by atoms with Crippen LogP contribution in [-0.4, -0.2) is 48.0 Å². The summed E-state index contributed by atoms with van der Waals surface area (Å²) in [7, 11) is 0. The SMILES string of the molecule is CC(C(=O)Nc1cccc(F)c1)N1CCCN(c2nccs2)CC1. The van der Waals surface area contributed by atoms with Gasteiger partial charge >= 0.3 is 0 Å². The molecule has 1 aromatic heterocycles. The van der Waals surface area contributed by atoms with Crippen LogP contribution in [0.5, 0.6) is 0 Å². The molecule has 128 valence electrons. The molecule has 1 aliphatic heterocycles. The molecule has 1 saturated heterocycles. The van der Waals surface area contributed by atoms with E-state index in [1.54, 1.807) is 23.5 Å². The quantitative estimate of drug-likeness (QED) is 0.923. The molecule has 3 rings (SSSR count). The van der Waals surface area contributed by atoms with Crippen molar-refractivity contribution < 1.29 is 9.18 Å². The molecular formula is C17H21FN4OS. The Hall–Kier alpha value is -1.99. The van der Waals surface area contributed by atoms with E-state index in [0.717, 1.165) is 37.7 Å². The molecule has 5 nitrogen and oxygen atoms in total. The van der Waals surface area contributed by atoms with E-state index < -0.39 is 0 Å². The molecule has 1 unspecified atom stereocenters. The van der Waals surface area contributed by atoms with Crippen LogP contribution in [0, 0.1) is 5.82 Å². The first kappa shape index (κ1) is 16.9. The summed E-state index contributed by atoms with van der Waals surface area (Å²) in [6.45, 7) is 5.36. The number of thiazole rings is 1. The number of nitrogens with one attached hydrogen (secondary N) is 1. The van der Waals surface area contributed by atoms with Crippen LogP contribution in [0.2, 0.25) is 0 Å². The second kappa shape index (κ2) is 7.72. The Morgan fingerprint density at radius 1 is 1.33 bits per heavy atom. The maximum atomic E-state index is 13.2. The normalized spacial score (nSPS) is 17.3. The van der Waals surface area contributed by atoms with Gasteiger partial charge in [-0.25, -0.2) is 9.37 Å². The first-order valence-electron chi connectivity index (χ1n) is 8.08. The van der Waals surface area contributed by atoms with Gasteiger partial charge in [-0.3, -0.25) is 9.69 Å². The third-order valence-corrected chi connectivity index (χ3v) is 5.07. The number of benzene rings is 1. The van der Waals surface area contributed by atoms with Crippen molar-refractivity contribution in [1.29, 1.82) is 0 Å². The highest BCUT2D eigenvalue weighted by Gasteiger charge is 2.24. The lowest BCUT2D eigenvalue weighted by Crippen LogP contribution is -2.43. The molecule has 7 heteroatoms. The van der Waals surface area contributed by atoms with Crippen LogP contribution in [-0.2, 0) is 4.79 Å². The van der Waals surface area contributed by atoms with E-state index in [2.05, 4.69) is 20.1 Å². The van der Waals surface area contributed by atoms with Gasteiger partial charge in [-0.15, -0.1) is 11.3 Å². The molecule has 0 bridgehead atoms. The fraction of sp³-hybridized carbons (Fsp3) is 0.412. The summed E-state index contributed by atoms with van der Waals surface area (Å²) in [6.07, 6.45) is 2.80. The number of carbonyl (C=O) groups excluding carboxylic acids is 1. The molecule has 2 heterocycles. The van der Waals surface area contributed by atoms with Gasteiger partial charge in [0.2, 0.25) is 5.91 Å². The summed E-state index contributed by atoms with van der Waals surface area (Å²) in [6, 6.07) is 5.72. The van der Waals surface area contributed by atoms with Crippen LogP contribution in [0.25, 0.3) is 0 Å². The molecule has 1 fully saturated rings. The van der Waals surface area contributed by atoms with Gasteiger partial charge in [-0.2, -0.15) is 0 Å². The largest absolute Gasteiger partial charge is 0.347 e. The number of aromatic nitrogens is 1. The maximum absolute atomic E-state index is 13.2. The van der Waals surface area contributed by atoms with Gasteiger partial charge in [0, 0.05) is 43.4 Å². The third-order valence-electron chi connectivity index (χ3n) is 4.24. The molecule has 1 amide bonds. The predicted molar refractivity (Wildman–Crippen MR) is 95.0 cm³/mol. The van der Waals surface area contributed by atoms with Crippen molar-refractivity contribution in [3.8, 4) is 0 Å². The number of amides is 1. The maximum Gasteiger partial charge on any atom is 0.241 e. The van der Waals surface area contributed by atoms with E-state index in [1.807, 2.05) is 18.5 Å². The molecule has 1 aromatic carbocycles. The lowest BCUT2D eigenvalue weighted by atomic mass is 10.2. The van der Waals surface area contributed by atoms with E-state index >= 15 is 0 Å². The van der Waals surface area contributed by atoms with E-state index in [1.165, 1.54) is 12.1 Å². The van der Waals surface area contributed by atoms with Gasteiger partial charge in [0.15, 0.2) is 5.13 Å². The molecule has 1 atom stereocenters. The van der Waals surface area contributed by atoms with Gasteiger partial charge in [0.1, 0.15) is 5.82 Å². The summed E-state index contributed by atoms with van der Waals surface area (Å²) < 4.78 is 13.2. The Kier molecular flexibility index (Phi) is 5.42. The van der Waals surface area contributed by atoms with Crippen molar-refractivity contribution in [2.45, 2.75) is 19.4 Å². The third kappa shape index (κ3) is 4.10. The van der Waals surface area contributed by atoms with Gasteiger partial charge in [0.05, 0.1) is 6.04 Å². The van der Waals surface area contributed by atoms with Crippen molar-refractivity contribution in [3.63, 3.8) is 0 Å². The number of halogens is 1. The topological polar surface area (TPSA) is 48.5 Å². The Morgan fingerprint density at radius 3 is 2.96 bits per heavy atom. The van der Waals surface area contributed by atoms with Gasteiger partial charge in [-0.05, 0) is 31.5 Å². The first-order valence-corrected chi connectivity index (χ1v) is 8.96. The first-order chi connectivity index (χ1) is 11.6. The molecule has 1 N–H and O–H groups in total. The number of anilines is 2. The van der Waals surface area contributed by atoms with Gasteiger partial charge < -0.3 is 10.2 Å². The standard InChI is InChI=1S/C17H21FN4OS/c1-13(16(23)20-15-5-2-4-14(18)12-15)21-7-3-8-22(10-9-21)17-19-6-11-24-17/h2,4-6,11-13H,3,7-10H2,1H3,(H,20,23). The minimum Gasteiger partial charge on any atom is -0.347 e. The van der Waals surface area contributed by atoms with E-state index in [-0.39, 0.29) is 17.8 Å². The fourth-order valence-electron chi connectivity index (χ4n) is 2.87. The molecule has 1 aliphatic rings. The number of carbonyl (C=O) groups is 1. The highest BCUT2D eigenvalue weighted by Crippen LogP contribution is 2.20. The van der Waals surface area contributed by atoms with Gasteiger partial charge in [0.25, 0.3) is 0 Å². The zero-order chi connectivity index (χ0) is 16.9. The summed E-state index contributed by atoms with van der Waals surface area (Å²) >= 11 is 1.64. The van der Waals surface area contributed by atoms with Crippen LogP contribution in [0.3, 0.4) is 0 Å². The van der Waals surface area contributed by atoms with Crippen molar-refractivity contribution in [2.75, 3.05) is 36.4 Å². The summed E-state index contributed by atoms with van der Waals surface area (Å²) in [5.41, 5.74) is 0.492. The van der Waals surface area contributed by atoms with E-state index in [0.29, 0.717) is 5.69 Å². The van der Waals surface area contributed by atoms with Crippen molar-refractivity contribution in [1.82, 2.24) is 9.88 Å². The Bertz CT molecular complexity index is 679. The molecule has 0 spiro atoms. The lowest BCUT2D eigenvalue weighted by Gasteiger charge is -2.26. The van der Waals surface area contributed by atoms with Crippen LogP contribution >= 0.6 is 11.3 Å². The van der Waals surface area contributed by atoms with Crippen LogP contribution in [0.4, 0.5) is 15.2 Å². The Morgan fingerprint density at radius 2 is 2.21 bits per heavy atom. The molecule has 2 aromatic rings. The van der Waals surface area contributed by atoms with Crippen LogP contribution in [0.1, 0.15) is 13.3 Å². The molecule has 0 aliphatic carbocycles. The molecular weight excluding hydrogens is 327 g/mol. The predicted octanol–water partition coefficient (Wildman–Crippen LogP) is 2.82. The smallest absolute Gasteiger partial charge is 0.241 e. The Labute approximate surface area is 145 Å². The molecule has 0 saturated carbocycles. The van der Waals surface area contributed by atoms with E-state index in [9.17, 15) is 9.18 Å². The van der Waals surface area contributed by atoms with Crippen molar-refractivity contribution >= 4 is 28.1 Å². The Balaban J connectivity index is 1.58. The van der Waals surface area contributed by atoms with Crippen molar-refractivity contribution in [3.05, 3.63) is 41.7 Å². The van der Waals surface area contributed by atoms with Gasteiger partial charge in [-0.1, -0.05) is 6.07 Å². The zero-order valence-corrected chi connectivity index (χ0v) is 14.4. The minimum atomic E-state index is -0.352. The minimum absolute atomic E-state index is 0.108. The van der Waals surface area contributed by atoms with Crippen molar-refractivity contribution in [2.24, 2.45) is 0 Å². The summed E-state index contributed by atoms with van der Waals surface area (Å²) in [5.74, 6) is -0.461. The lowest BCUT2D eigenvalue weighted by molar-refractivity contribution is -0.120. The highest BCUT2D eigenvalue weighted by atomic mass is 32.1. The number of rotatable bonds is 4. The van der Waals surface area contributed by atoms with Crippen LogP contribution < -0.4 is 10.2 Å². The fourth-order valence-corrected chi connectivity index (χ4v) is 3.56. The molecule has 24 heavy (non-hydrogen) atoms. The number of hydrogen-bond acceptors (Lipinski definition) is 5. The molecule has 0 radical (unpaired) electrons. The van der Waals surface area contributed by atoms with E-state index in [4.69, 9.17) is 0 Å². The average Bonchev–Trinajstić information content (AvgIpc) is 2.99. The monoisotopic (exact) mass is 348 g/mol. The number of hydrogen-bond donors (Lipinski definition) is 1. The zero-order valence-electron chi connectivity index (χ0n) is 13.6. The summed E-state index contributed by atoms with van der Waals surface area (Å²) in [5, 5.41) is 5.81.